The van der Waals surface area contributed by atoms with Crippen LogP contribution in [-0.2, 0) is 11.2 Å². The quantitative estimate of drug-likeness (QED) is 0.892. The second-order valence-corrected chi connectivity index (χ2v) is 7.23. The number of nitrogens with zero attached hydrogens (tertiary/aromatic N) is 1. The van der Waals surface area contributed by atoms with E-state index >= 15 is 0 Å². The minimum absolute atomic E-state index is 0.274. The number of hydrogen-bond donors (Lipinski definition) is 2. The molecule has 5 nitrogen and oxygen atoms in total. The molecule has 0 aliphatic carbocycles. The summed E-state index contributed by atoms with van der Waals surface area (Å²) in [5.41, 5.74) is 6.73. The molecule has 23 heavy (non-hydrogen) atoms. The van der Waals surface area contributed by atoms with Crippen molar-refractivity contribution in [2.75, 3.05) is 6.54 Å². The third-order valence-corrected chi connectivity index (χ3v) is 4.07. The highest BCUT2D eigenvalue weighted by atomic mass is 16.6. The van der Waals surface area contributed by atoms with Crippen LogP contribution < -0.4 is 5.73 Å². The summed E-state index contributed by atoms with van der Waals surface area (Å²) in [6, 6.07) is 9.16. The molecule has 3 N–H and O–H groups in total. The lowest BCUT2D eigenvalue weighted by atomic mass is 9.96. The van der Waals surface area contributed by atoms with Crippen LogP contribution in [0.2, 0.25) is 0 Å². The standard InChI is InChI=1S/C18H28N2O3/c1-18(2,3)23-17(22)20-11-7-10-15(20)16(21)14(19)12-13-8-5-4-6-9-13/h4-6,8-9,14-16,21H,7,10-12,19H2,1-3H3/t14-,15-,16+/m1/s1. The molecule has 1 aliphatic rings. The van der Waals surface area contributed by atoms with E-state index in [2.05, 4.69) is 0 Å². The number of benzene rings is 1. The highest BCUT2D eigenvalue weighted by Crippen LogP contribution is 2.25. The number of ether oxygens (including phenoxy) is 1. The van der Waals surface area contributed by atoms with Crippen LogP contribution in [0, 0.1) is 0 Å². The van der Waals surface area contributed by atoms with Crippen molar-refractivity contribution < 1.29 is 14.6 Å². The van der Waals surface area contributed by atoms with Crippen molar-refractivity contribution in [3.63, 3.8) is 0 Å². The molecule has 0 unspecified atom stereocenters. The van der Waals surface area contributed by atoms with Gasteiger partial charge in [-0.15, -0.1) is 0 Å². The number of carbonyl (C=O) groups is 1. The summed E-state index contributed by atoms with van der Waals surface area (Å²) in [7, 11) is 0. The summed E-state index contributed by atoms with van der Waals surface area (Å²) in [6.45, 7) is 6.13. The highest BCUT2D eigenvalue weighted by Gasteiger charge is 2.38. The molecule has 3 atom stereocenters. The van der Waals surface area contributed by atoms with Gasteiger partial charge in [0.25, 0.3) is 0 Å². The molecule has 0 aromatic heterocycles. The molecule has 1 amide bonds. The van der Waals surface area contributed by atoms with Gasteiger partial charge in [-0.25, -0.2) is 4.79 Å². The Balaban J connectivity index is 1.99. The molecule has 0 spiro atoms. The smallest absolute Gasteiger partial charge is 0.410 e. The number of amides is 1. The molecular formula is C18H28N2O3. The van der Waals surface area contributed by atoms with E-state index in [0.29, 0.717) is 13.0 Å². The molecule has 1 saturated heterocycles. The fraction of sp³-hybridized carbons (Fsp3) is 0.611. The van der Waals surface area contributed by atoms with Crippen LogP contribution in [0.5, 0.6) is 0 Å². The molecule has 1 heterocycles. The van der Waals surface area contributed by atoms with Crippen LogP contribution in [0.4, 0.5) is 4.79 Å². The van der Waals surface area contributed by atoms with E-state index in [-0.39, 0.29) is 12.1 Å². The topological polar surface area (TPSA) is 75.8 Å². The zero-order valence-corrected chi connectivity index (χ0v) is 14.2. The molecule has 0 bridgehead atoms. The van der Waals surface area contributed by atoms with Crippen LogP contribution in [0.15, 0.2) is 30.3 Å². The molecule has 1 aliphatic heterocycles. The minimum Gasteiger partial charge on any atom is -0.444 e. The van der Waals surface area contributed by atoms with Gasteiger partial charge >= 0.3 is 6.09 Å². The minimum atomic E-state index is -0.759. The lowest BCUT2D eigenvalue weighted by Gasteiger charge is -2.33. The Hall–Kier alpha value is -1.59. The van der Waals surface area contributed by atoms with Gasteiger partial charge in [-0.05, 0) is 45.6 Å². The van der Waals surface area contributed by atoms with Crippen molar-refractivity contribution in [3.8, 4) is 0 Å². The van der Waals surface area contributed by atoms with Gasteiger partial charge in [-0.2, -0.15) is 0 Å². The SMILES string of the molecule is CC(C)(C)OC(=O)N1CCC[C@@H]1[C@@H](O)[C@H](N)Cc1ccccc1. The summed E-state index contributed by atoms with van der Waals surface area (Å²) in [6.07, 6.45) is 1.07. The molecule has 5 heteroatoms. The molecule has 1 aromatic rings. The van der Waals surface area contributed by atoms with Crippen LogP contribution in [-0.4, -0.2) is 46.4 Å². The maximum atomic E-state index is 12.3. The van der Waals surface area contributed by atoms with E-state index in [1.54, 1.807) is 4.90 Å². The first-order valence-corrected chi connectivity index (χ1v) is 8.25. The Morgan fingerprint density at radius 2 is 2.04 bits per heavy atom. The number of nitrogens with two attached hydrogens (primary N) is 1. The zero-order chi connectivity index (χ0) is 17.0. The van der Waals surface area contributed by atoms with E-state index in [9.17, 15) is 9.90 Å². The first kappa shape index (κ1) is 17.8. The van der Waals surface area contributed by atoms with Gasteiger partial charge in [0.15, 0.2) is 0 Å². The molecule has 0 radical (unpaired) electrons. The van der Waals surface area contributed by atoms with Crippen molar-refractivity contribution >= 4 is 6.09 Å². The van der Waals surface area contributed by atoms with Crippen molar-refractivity contribution in [2.45, 2.75) is 63.8 Å². The number of rotatable bonds is 4. The average molecular weight is 320 g/mol. The van der Waals surface area contributed by atoms with Crippen molar-refractivity contribution in [2.24, 2.45) is 5.73 Å². The van der Waals surface area contributed by atoms with Crippen LogP contribution in [0.3, 0.4) is 0 Å². The summed E-state index contributed by atoms with van der Waals surface area (Å²) in [4.78, 5) is 13.9. The van der Waals surface area contributed by atoms with Gasteiger partial charge < -0.3 is 20.5 Å². The van der Waals surface area contributed by atoms with E-state index in [0.717, 1.165) is 18.4 Å². The van der Waals surface area contributed by atoms with Gasteiger partial charge in [0.1, 0.15) is 5.60 Å². The Morgan fingerprint density at radius 3 is 2.65 bits per heavy atom. The number of aliphatic hydroxyl groups excluding tert-OH is 1. The van der Waals surface area contributed by atoms with Crippen molar-refractivity contribution in [3.05, 3.63) is 35.9 Å². The van der Waals surface area contributed by atoms with Gasteiger partial charge in [-0.1, -0.05) is 30.3 Å². The van der Waals surface area contributed by atoms with Crippen molar-refractivity contribution in [1.29, 1.82) is 0 Å². The highest BCUT2D eigenvalue weighted by molar-refractivity contribution is 5.69. The second-order valence-electron chi connectivity index (χ2n) is 7.23. The van der Waals surface area contributed by atoms with Crippen LogP contribution in [0.1, 0.15) is 39.2 Å². The van der Waals surface area contributed by atoms with Gasteiger partial charge in [0.2, 0.25) is 0 Å². The monoisotopic (exact) mass is 320 g/mol. The largest absolute Gasteiger partial charge is 0.444 e. The third-order valence-electron chi connectivity index (χ3n) is 4.07. The van der Waals surface area contributed by atoms with Crippen molar-refractivity contribution in [1.82, 2.24) is 4.90 Å². The Morgan fingerprint density at radius 1 is 1.39 bits per heavy atom. The van der Waals surface area contributed by atoms with E-state index in [4.69, 9.17) is 10.5 Å². The summed E-state index contributed by atoms with van der Waals surface area (Å²) >= 11 is 0. The van der Waals surface area contributed by atoms with Crippen LogP contribution >= 0.6 is 0 Å². The maximum Gasteiger partial charge on any atom is 0.410 e. The molecule has 1 fully saturated rings. The molecule has 1 aromatic carbocycles. The molecule has 128 valence electrons. The number of likely N-dealkylation sites (tertiary alicyclic amines) is 1. The Labute approximate surface area is 138 Å². The maximum absolute atomic E-state index is 12.3. The number of hydrogen-bond acceptors (Lipinski definition) is 4. The molecule has 2 rings (SSSR count). The Kier molecular flexibility index (Phi) is 5.65. The lowest BCUT2D eigenvalue weighted by molar-refractivity contribution is 0.000868. The summed E-state index contributed by atoms with van der Waals surface area (Å²) in [5, 5.41) is 10.6. The fourth-order valence-electron chi connectivity index (χ4n) is 2.99. The lowest BCUT2D eigenvalue weighted by Crippen LogP contribution is -2.52. The predicted octanol–water partition coefficient (Wildman–Crippen LogP) is 2.32. The van der Waals surface area contributed by atoms with E-state index in [1.807, 2.05) is 51.1 Å². The first-order chi connectivity index (χ1) is 10.8. The van der Waals surface area contributed by atoms with E-state index in [1.165, 1.54) is 0 Å². The average Bonchev–Trinajstić information content (AvgIpc) is 2.95. The summed E-state index contributed by atoms with van der Waals surface area (Å²) in [5.74, 6) is 0. The number of carbonyl (C=O) groups excluding carboxylic acids is 1. The number of aliphatic hydroxyl groups is 1. The first-order valence-electron chi connectivity index (χ1n) is 8.25. The predicted molar refractivity (Wildman–Crippen MR) is 90.1 cm³/mol. The molecular weight excluding hydrogens is 292 g/mol. The zero-order valence-electron chi connectivity index (χ0n) is 14.2. The third kappa shape index (κ3) is 4.94. The summed E-state index contributed by atoms with van der Waals surface area (Å²) < 4.78 is 5.44. The molecule has 0 saturated carbocycles. The van der Waals surface area contributed by atoms with Crippen LogP contribution in [0.25, 0.3) is 0 Å². The second kappa shape index (κ2) is 7.32. The van der Waals surface area contributed by atoms with Gasteiger partial charge in [-0.3, -0.25) is 0 Å². The normalized spacial score (nSPS) is 21.1. The fourth-order valence-corrected chi connectivity index (χ4v) is 2.99. The van der Waals surface area contributed by atoms with E-state index < -0.39 is 17.7 Å². The Bertz CT molecular complexity index is 513. The van der Waals surface area contributed by atoms with Gasteiger partial charge in [0, 0.05) is 12.6 Å². The van der Waals surface area contributed by atoms with Gasteiger partial charge in [0.05, 0.1) is 12.1 Å².